The summed E-state index contributed by atoms with van der Waals surface area (Å²) in [6, 6.07) is 5.94. The van der Waals surface area contributed by atoms with Crippen LogP contribution in [0.5, 0.6) is 0 Å². The molecule has 96 valence electrons. The van der Waals surface area contributed by atoms with Crippen LogP contribution in [0, 0.1) is 5.82 Å². The fourth-order valence-corrected chi connectivity index (χ4v) is 1.29. The Balaban J connectivity index is 2.81. The molecule has 0 saturated carbocycles. The van der Waals surface area contributed by atoms with Crippen LogP contribution in [0.15, 0.2) is 42.5 Å². The third kappa shape index (κ3) is 3.28. The van der Waals surface area contributed by atoms with Gasteiger partial charge in [-0.2, -0.15) is 0 Å². The van der Waals surface area contributed by atoms with E-state index in [9.17, 15) is 9.18 Å². The number of carbonyl (C=O) groups is 1. The average Bonchev–Trinajstić information content (AvgIpc) is 2.36. The van der Waals surface area contributed by atoms with Crippen molar-refractivity contribution in [1.29, 1.82) is 0 Å². The number of rotatable bonds is 4. The van der Waals surface area contributed by atoms with E-state index in [4.69, 9.17) is 5.73 Å². The number of hydrogen-bond donors (Lipinski definition) is 1. The zero-order chi connectivity index (χ0) is 13.8. The Bertz CT molecular complexity index is 475. The highest BCUT2D eigenvalue weighted by Crippen LogP contribution is 2.16. The van der Waals surface area contributed by atoms with E-state index in [1.165, 1.54) is 26.2 Å². The van der Waals surface area contributed by atoms with Crippen molar-refractivity contribution in [2.75, 3.05) is 7.11 Å². The SMILES string of the molecule is C=C(/C=C/c1ccc(F)cc1)[C@](C)(N)C(=O)OC. The lowest BCUT2D eigenvalue weighted by atomic mass is 9.93. The summed E-state index contributed by atoms with van der Waals surface area (Å²) in [5, 5.41) is 0. The predicted octanol–water partition coefficient (Wildman–Crippen LogP) is 2.29. The van der Waals surface area contributed by atoms with Crippen LogP contribution in [-0.4, -0.2) is 18.6 Å². The van der Waals surface area contributed by atoms with Crippen molar-refractivity contribution in [3.05, 3.63) is 53.9 Å². The van der Waals surface area contributed by atoms with E-state index in [2.05, 4.69) is 11.3 Å². The van der Waals surface area contributed by atoms with Gasteiger partial charge >= 0.3 is 5.97 Å². The van der Waals surface area contributed by atoms with Crippen molar-refractivity contribution in [2.24, 2.45) is 5.73 Å². The van der Waals surface area contributed by atoms with Gasteiger partial charge in [0.15, 0.2) is 0 Å². The lowest BCUT2D eigenvalue weighted by molar-refractivity contribution is -0.144. The summed E-state index contributed by atoms with van der Waals surface area (Å²) in [7, 11) is 1.27. The summed E-state index contributed by atoms with van der Waals surface area (Å²) < 4.78 is 17.3. The second-order valence-corrected chi connectivity index (χ2v) is 4.10. The molecule has 0 spiro atoms. The van der Waals surface area contributed by atoms with Gasteiger partial charge in [-0.3, -0.25) is 0 Å². The van der Waals surface area contributed by atoms with Gasteiger partial charge < -0.3 is 10.5 Å². The molecule has 3 nitrogen and oxygen atoms in total. The van der Waals surface area contributed by atoms with Gasteiger partial charge in [0.2, 0.25) is 0 Å². The van der Waals surface area contributed by atoms with Crippen molar-refractivity contribution in [3.63, 3.8) is 0 Å². The molecule has 0 amide bonds. The first-order valence-electron chi connectivity index (χ1n) is 5.38. The fourth-order valence-electron chi connectivity index (χ4n) is 1.29. The zero-order valence-corrected chi connectivity index (χ0v) is 10.4. The molecular formula is C14H16FNO2. The van der Waals surface area contributed by atoms with Gasteiger partial charge in [0.1, 0.15) is 11.4 Å². The van der Waals surface area contributed by atoms with Gasteiger partial charge in [0, 0.05) is 0 Å². The van der Waals surface area contributed by atoms with Gasteiger partial charge in [-0.1, -0.05) is 30.9 Å². The smallest absolute Gasteiger partial charge is 0.330 e. The van der Waals surface area contributed by atoms with Crippen LogP contribution < -0.4 is 5.73 Å². The second-order valence-electron chi connectivity index (χ2n) is 4.10. The molecule has 2 N–H and O–H groups in total. The highest BCUT2D eigenvalue weighted by Gasteiger charge is 2.31. The molecule has 0 bridgehead atoms. The average molecular weight is 249 g/mol. The van der Waals surface area contributed by atoms with Gasteiger partial charge in [-0.05, 0) is 30.2 Å². The van der Waals surface area contributed by atoms with Gasteiger partial charge in [0.05, 0.1) is 7.11 Å². The number of esters is 1. The Morgan fingerprint density at radius 2 is 2.00 bits per heavy atom. The molecule has 0 radical (unpaired) electrons. The van der Waals surface area contributed by atoms with Crippen molar-refractivity contribution < 1.29 is 13.9 Å². The van der Waals surface area contributed by atoms with Crippen molar-refractivity contribution in [1.82, 2.24) is 0 Å². The molecule has 0 fully saturated rings. The first kappa shape index (κ1) is 14.1. The quantitative estimate of drug-likeness (QED) is 0.658. The number of hydrogen-bond acceptors (Lipinski definition) is 3. The van der Waals surface area contributed by atoms with E-state index < -0.39 is 11.5 Å². The lowest BCUT2D eigenvalue weighted by Gasteiger charge is -2.21. The van der Waals surface area contributed by atoms with Crippen molar-refractivity contribution in [2.45, 2.75) is 12.5 Å². The van der Waals surface area contributed by atoms with Crippen LogP contribution in [-0.2, 0) is 9.53 Å². The summed E-state index contributed by atoms with van der Waals surface area (Å²) in [5.74, 6) is -0.861. The Kier molecular flexibility index (Phi) is 4.39. The highest BCUT2D eigenvalue weighted by atomic mass is 19.1. The minimum absolute atomic E-state index is 0.302. The Hall–Kier alpha value is -1.94. The molecule has 0 heterocycles. The molecule has 0 aromatic heterocycles. The summed E-state index contributed by atoms with van der Waals surface area (Å²) in [6.45, 7) is 5.27. The normalized spacial score (nSPS) is 14.2. The van der Waals surface area contributed by atoms with E-state index in [-0.39, 0.29) is 5.82 Å². The van der Waals surface area contributed by atoms with Gasteiger partial charge in [0.25, 0.3) is 0 Å². The first-order valence-corrected chi connectivity index (χ1v) is 5.38. The number of nitrogens with two attached hydrogens (primary N) is 1. The molecule has 0 unspecified atom stereocenters. The molecule has 0 aliphatic heterocycles. The van der Waals surface area contributed by atoms with Crippen LogP contribution in [0.1, 0.15) is 12.5 Å². The summed E-state index contributed by atoms with van der Waals surface area (Å²) in [4.78, 5) is 11.4. The molecule has 0 aliphatic carbocycles. The molecule has 18 heavy (non-hydrogen) atoms. The third-order valence-corrected chi connectivity index (χ3v) is 2.62. The Morgan fingerprint density at radius 3 is 2.50 bits per heavy atom. The molecule has 1 rings (SSSR count). The molecule has 0 saturated heterocycles. The van der Waals surface area contributed by atoms with Gasteiger partial charge in [-0.15, -0.1) is 0 Å². The lowest BCUT2D eigenvalue weighted by Crippen LogP contribution is -2.46. The van der Waals surface area contributed by atoms with Crippen LogP contribution in [0.4, 0.5) is 4.39 Å². The molecule has 1 aromatic rings. The standard InChI is InChI=1S/C14H16FNO2/c1-10(14(2,16)13(17)18-3)4-5-11-6-8-12(15)9-7-11/h4-9H,1,16H2,2-3H3/b5-4+/t14-/m0/s1. The number of benzene rings is 1. The Labute approximate surface area is 106 Å². The van der Waals surface area contributed by atoms with E-state index >= 15 is 0 Å². The van der Waals surface area contributed by atoms with Crippen LogP contribution >= 0.6 is 0 Å². The summed E-state index contributed by atoms with van der Waals surface area (Å²) >= 11 is 0. The van der Waals surface area contributed by atoms with Crippen LogP contribution in [0.25, 0.3) is 6.08 Å². The predicted molar refractivity (Wildman–Crippen MR) is 69.2 cm³/mol. The maximum atomic E-state index is 12.7. The molecule has 1 aromatic carbocycles. The van der Waals surface area contributed by atoms with E-state index in [0.29, 0.717) is 5.57 Å². The molecular weight excluding hydrogens is 233 g/mol. The maximum absolute atomic E-state index is 12.7. The van der Waals surface area contributed by atoms with E-state index in [0.717, 1.165) is 5.56 Å². The molecule has 4 heteroatoms. The molecule has 0 aliphatic rings. The number of methoxy groups -OCH3 is 1. The Morgan fingerprint density at radius 1 is 1.44 bits per heavy atom. The highest BCUT2D eigenvalue weighted by molar-refractivity contribution is 5.85. The largest absolute Gasteiger partial charge is 0.467 e. The number of ether oxygens (including phenoxy) is 1. The first-order chi connectivity index (χ1) is 8.37. The maximum Gasteiger partial charge on any atom is 0.330 e. The van der Waals surface area contributed by atoms with Crippen LogP contribution in [0.2, 0.25) is 0 Å². The summed E-state index contributed by atoms with van der Waals surface area (Å²) in [5.41, 5.74) is 5.75. The van der Waals surface area contributed by atoms with Crippen molar-refractivity contribution in [3.8, 4) is 0 Å². The van der Waals surface area contributed by atoms with Gasteiger partial charge in [-0.25, -0.2) is 9.18 Å². The topological polar surface area (TPSA) is 52.3 Å². The fraction of sp³-hybridized carbons (Fsp3) is 0.214. The number of halogens is 1. The zero-order valence-electron chi connectivity index (χ0n) is 10.4. The van der Waals surface area contributed by atoms with Crippen LogP contribution in [0.3, 0.4) is 0 Å². The third-order valence-electron chi connectivity index (χ3n) is 2.62. The summed E-state index contributed by atoms with van der Waals surface area (Å²) in [6.07, 6.45) is 3.32. The minimum atomic E-state index is -1.27. The monoisotopic (exact) mass is 249 g/mol. The van der Waals surface area contributed by atoms with E-state index in [1.54, 1.807) is 24.3 Å². The molecule has 1 atom stereocenters. The minimum Gasteiger partial charge on any atom is -0.467 e. The van der Waals surface area contributed by atoms with Crippen molar-refractivity contribution >= 4 is 12.0 Å². The second kappa shape index (κ2) is 5.60. The number of carbonyl (C=O) groups excluding carboxylic acids is 1. The van der Waals surface area contributed by atoms with E-state index in [1.807, 2.05) is 0 Å².